The van der Waals surface area contributed by atoms with E-state index in [2.05, 4.69) is 25.8 Å². The molecule has 24 heavy (non-hydrogen) atoms. The number of hydrogen-bond acceptors (Lipinski definition) is 2. The topological polar surface area (TPSA) is 40.5 Å². The molecule has 1 radical (unpaired) electrons. The van der Waals surface area contributed by atoms with Crippen molar-refractivity contribution in [2.75, 3.05) is 0 Å². The van der Waals surface area contributed by atoms with Gasteiger partial charge in [0, 0.05) is 0 Å². The van der Waals surface area contributed by atoms with E-state index in [1.165, 1.54) is 16.6 Å². The van der Waals surface area contributed by atoms with E-state index in [0.717, 1.165) is 10.9 Å². The Morgan fingerprint density at radius 2 is 1.79 bits per heavy atom. The summed E-state index contributed by atoms with van der Waals surface area (Å²) in [5.74, 6) is -0.322. The quantitative estimate of drug-likeness (QED) is 0.533. The van der Waals surface area contributed by atoms with Crippen LogP contribution in [0.3, 0.4) is 0 Å². The molecule has 0 fully saturated rings. The molecule has 2 aromatic carbocycles. The van der Waals surface area contributed by atoms with Crippen LogP contribution in [0.1, 0.15) is 29.5 Å². The van der Waals surface area contributed by atoms with Gasteiger partial charge in [0.25, 0.3) is 0 Å². The van der Waals surface area contributed by atoms with E-state index >= 15 is 0 Å². The Morgan fingerprint density at radius 1 is 1.12 bits per heavy atom. The molecule has 2 aromatic rings. The van der Waals surface area contributed by atoms with E-state index in [0.29, 0.717) is 23.1 Å². The summed E-state index contributed by atoms with van der Waals surface area (Å²) in [6, 6.07) is 11.6. The zero-order chi connectivity index (χ0) is 17.7. The standard InChI is InChI=1S/C17H17BrFO2.2CH3.Sn/c1-2-9-17(21,13-3-6-15(19)7-4-13)16-8-5-14(18)10-12(16)11-20;;;/h3-8,10,20-21H,1-2,9,11H2;2*1H3;. The Labute approximate surface area is 158 Å². The average Bonchev–Trinajstić information content (AvgIpc) is 2.54. The minimum atomic E-state index is -1.23. The van der Waals surface area contributed by atoms with E-state index in [4.69, 9.17) is 0 Å². The molecule has 2 rings (SSSR count). The van der Waals surface area contributed by atoms with Crippen molar-refractivity contribution in [3.63, 3.8) is 0 Å². The number of aliphatic hydroxyl groups excluding tert-OH is 1. The Balaban J connectivity index is 2.47. The van der Waals surface area contributed by atoms with Crippen LogP contribution < -0.4 is 0 Å². The summed E-state index contributed by atoms with van der Waals surface area (Å²) in [6.07, 6.45) is 1.50. The summed E-state index contributed by atoms with van der Waals surface area (Å²) in [5.41, 5.74) is 0.823. The third-order valence-electron chi connectivity index (χ3n) is 4.22. The van der Waals surface area contributed by atoms with E-state index < -0.39 is 25.4 Å². The van der Waals surface area contributed by atoms with Crippen LogP contribution in [0.5, 0.6) is 0 Å². The molecular formula is C19H23BrFO2Sn. The van der Waals surface area contributed by atoms with Gasteiger partial charge < -0.3 is 0 Å². The number of benzene rings is 2. The van der Waals surface area contributed by atoms with Gasteiger partial charge in [-0.05, 0) is 0 Å². The normalized spacial score (nSPS) is 14.0. The summed E-state index contributed by atoms with van der Waals surface area (Å²) in [4.78, 5) is 4.69. The van der Waals surface area contributed by atoms with Gasteiger partial charge in [-0.25, -0.2) is 0 Å². The van der Waals surface area contributed by atoms with Gasteiger partial charge in [-0.2, -0.15) is 0 Å². The van der Waals surface area contributed by atoms with Gasteiger partial charge in [-0.15, -0.1) is 0 Å². The fourth-order valence-electron chi connectivity index (χ4n) is 2.95. The monoisotopic (exact) mass is 501 g/mol. The summed E-state index contributed by atoms with van der Waals surface area (Å²) >= 11 is 2.17. The first kappa shape index (κ1) is 19.9. The summed E-state index contributed by atoms with van der Waals surface area (Å²) in [5, 5.41) is 21.3. The zero-order valence-corrected chi connectivity index (χ0v) is 18.5. The van der Waals surface area contributed by atoms with Crippen molar-refractivity contribution in [1.82, 2.24) is 0 Å². The van der Waals surface area contributed by atoms with Crippen LogP contribution in [0.25, 0.3) is 0 Å². The van der Waals surface area contributed by atoms with E-state index in [9.17, 15) is 14.6 Å². The van der Waals surface area contributed by atoms with E-state index in [-0.39, 0.29) is 12.4 Å². The van der Waals surface area contributed by atoms with Crippen LogP contribution in [0, 0.1) is 5.82 Å². The van der Waals surface area contributed by atoms with Gasteiger partial charge in [-0.1, -0.05) is 0 Å². The van der Waals surface area contributed by atoms with Gasteiger partial charge in [-0.3, -0.25) is 0 Å². The predicted octanol–water partition coefficient (Wildman–Crippen LogP) is 4.85. The molecule has 0 aliphatic rings. The van der Waals surface area contributed by atoms with Crippen LogP contribution in [0.15, 0.2) is 46.9 Å². The van der Waals surface area contributed by atoms with Gasteiger partial charge in [0.1, 0.15) is 0 Å². The van der Waals surface area contributed by atoms with Gasteiger partial charge in [0.05, 0.1) is 0 Å². The second-order valence-corrected chi connectivity index (χ2v) is 15.6. The first-order valence-corrected chi connectivity index (χ1v) is 16.6. The van der Waals surface area contributed by atoms with Crippen LogP contribution in [0.2, 0.25) is 14.3 Å². The fourth-order valence-corrected chi connectivity index (χ4v) is 5.89. The van der Waals surface area contributed by atoms with Crippen molar-refractivity contribution >= 4 is 35.7 Å². The number of rotatable bonds is 7. The maximum atomic E-state index is 13.3. The van der Waals surface area contributed by atoms with Crippen molar-refractivity contribution in [3.05, 3.63) is 69.4 Å². The van der Waals surface area contributed by atoms with Gasteiger partial charge in [0.15, 0.2) is 0 Å². The molecule has 0 aliphatic carbocycles. The number of halogens is 2. The molecule has 5 heteroatoms. The van der Waals surface area contributed by atoms with Crippen molar-refractivity contribution in [1.29, 1.82) is 0 Å². The first-order valence-electron chi connectivity index (χ1n) is 8.04. The van der Waals surface area contributed by atoms with Gasteiger partial charge >= 0.3 is 159 Å². The van der Waals surface area contributed by atoms with Crippen LogP contribution in [0.4, 0.5) is 4.39 Å². The molecule has 0 saturated heterocycles. The summed E-state index contributed by atoms with van der Waals surface area (Å²) in [7, 11) is 0. The number of hydrogen-bond donors (Lipinski definition) is 2. The maximum absolute atomic E-state index is 13.3. The molecule has 1 atom stereocenters. The van der Waals surface area contributed by atoms with Crippen molar-refractivity contribution in [3.8, 4) is 0 Å². The number of aliphatic hydroxyl groups is 2. The molecule has 0 heterocycles. The molecule has 2 N–H and O–H groups in total. The van der Waals surface area contributed by atoms with Crippen molar-refractivity contribution in [2.24, 2.45) is 0 Å². The Bertz CT molecular complexity index is 676. The van der Waals surface area contributed by atoms with Crippen molar-refractivity contribution in [2.45, 2.75) is 39.4 Å². The fraction of sp³-hybridized carbons (Fsp3) is 0.368. The molecule has 0 aromatic heterocycles. The van der Waals surface area contributed by atoms with Crippen LogP contribution >= 0.6 is 15.9 Å². The molecule has 0 bridgehead atoms. The predicted molar refractivity (Wildman–Crippen MR) is 101 cm³/mol. The second kappa shape index (κ2) is 8.79. The minimum absolute atomic E-state index is 0.152. The third-order valence-corrected chi connectivity index (χ3v) is 8.58. The molecular weight excluding hydrogens is 478 g/mol. The van der Waals surface area contributed by atoms with E-state index in [1.807, 2.05) is 18.2 Å². The van der Waals surface area contributed by atoms with Crippen molar-refractivity contribution < 1.29 is 14.6 Å². The Hall–Kier alpha value is -0.431. The Kier molecular flexibility index (Phi) is 7.28. The first-order chi connectivity index (χ1) is 11.4. The molecule has 0 saturated carbocycles. The van der Waals surface area contributed by atoms with Crippen LogP contribution in [-0.4, -0.2) is 30.0 Å². The summed E-state index contributed by atoms with van der Waals surface area (Å²) in [6.45, 7) is -0.152. The van der Waals surface area contributed by atoms with Crippen LogP contribution in [-0.2, 0) is 12.2 Å². The second-order valence-electron chi connectivity index (χ2n) is 6.39. The summed E-state index contributed by atoms with van der Waals surface area (Å²) < 4.78 is 15.4. The molecule has 0 spiro atoms. The van der Waals surface area contributed by atoms with E-state index in [1.54, 1.807) is 12.1 Å². The molecule has 2 nitrogen and oxygen atoms in total. The molecule has 0 aliphatic heterocycles. The molecule has 0 amide bonds. The average molecular weight is 501 g/mol. The zero-order valence-electron chi connectivity index (χ0n) is 14.0. The molecule has 1 unspecified atom stereocenters. The third kappa shape index (κ3) is 4.81. The SMILES string of the molecule is [CH3][Sn]([CH3])[CH2]CCC(O)(c1ccc(F)cc1)c1ccc(Br)cc1CO. The Morgan fingerprint density at radius 3 is 2.38 bits per heavy atom. The van der Waals surface area contributed by atoms with Gasteiger partial charge in [0.2, 0.25) is 0 Å². The molecule has 129 valence electrons.